The number of phenolic OH excluding ortho intramolecular Hbond substituents is 4. The molecule has 0 aromatic heterocycles. The Morgan fingerprint density at radius 3 is 2.21 bits per heavy atom. The number of aromatic hydroxyl groups is 4. The Kier molecular flexibility index (Phi) is 5.76. The molecule has 1 saturated heterocycles. The number of imide groups is 1. The van der Waals surface area contributed by atoms with Gasteiger partial charge < -0.3 is 35.2 Å². The van der Waals surface area contributed by atoms with E-state index < -0.39 is 47.7 Å². The van der Waals surface area contributed by atoms with Crippen LogP contribution in [-0.2, 0) is 6.42 Å². The number of ether oxygens (including phenoxy) is 1. The molecule has 0 radical (unpaired) electrons. The molecule has 4 aliphatic heterocycles. The highest BCUT2D eigenvalue weighted by Crippen LogP contribution is 2.58. The molecule has 7 rings (SSSR count). The molecule has 4 atom stereocenters. The number of aliphatic hydroxyl groups is 1. The predicted molar refractivity (Wildman–Crippen MR) is 154 cm³/mol. The molecule has 2 bridgehead atoms. The Labute approximate surface area is 247 Å². The van der Waals surface area contributed by atoms with E-state index in [0.29, 0.717) is 23.4 Å². The molecule has 11 heteroatoms. The molecule has 3 aromatic carbocycles. The third-order valence-corrected chi connectivity index (χ3v) is 9.54. The van der Waals surface area contributed by atoms with Crippen molar-refractivity contribution in [2.45, 2.75) is 44.6 Å². The highest BCUT2D eigenvalue weighted by molar-refractivity contribution is 6.21. The second-order valence-electron chi connectivity index (χ2n) is 11.7. The van der Waals surface area contributed by atoms with E-state index >= 15 is 0 Å². The number of carbonyl (C=O) groups excluding carboxylic acids is 2. The van der Waals surface area contributed by atoms with E-state index in [9.17, 15) is 35.1 Å². The van der Waals surface area contributed by atoms with Crippen LogP contribution in [0.2, 0.25) is 0 Å². The lowest BCUT2D eigenvalue weighted by atomic mass is 9.77. The van der Waals surface area contributed by atoms with E-state index in [1.54, 1.807) is 35.2 Å². The van der Waals surface area contributed by atoms with Crippen LogP contribution in [0.1, 0.15) is 66.2 Å². The first-order chi connectivity index (χ1) is 20.5. The summed E-state index contributed by atoms with van der Waals surface area (Å²) >= 11 is 0. The maximum absolute atomic E-state index is 13.5. The zero-order chi connectivity index (χ0) is 30.6. The molecule has 4 aliphatic rings. The second-order valence-corrected chi connectivity index (χ2v) is 11.7. The summed E-state index contributed by atoms with van der Waals surface area (Å²) in [6.07, 6.45) is 0.801. The molecule has 3 aromatic rings. The van der Waals surface area contributed by atoms with Crippen molar-refractivity contribution in [1.29, 1.82) is 0 Å². The van der Waals surface area contributed by atoms with Crippen molar-refractivity contribution < 1.29 is 39.9 Å². The second kappa shape index (κ2) is 9.13. The van der Waals surface area contributed by atoms with Crippen LogP contribution in [0.5, 0.6) is 28.7 Å². The fourth-order valence-electron chi connectivity index (χ4n) is 7.43. The summed E-state index contributed by atoms with van der Waals surface area (Å²) in [5, 5.41) is 56.7. The SMILES string of the molecule is COc1c(C)cc2c(c1O)[C@@H]1C3=Cc4c(O)c(C)c(O)c(O)c4[C@H](CN4C(=O)c5ccccc5C4=O)N3[C@@H](O)[C@@H](C2)N1C. The van der Waals surface area contributed by atoms with Crippen LogP contribution in [0.4, 0.5) is 0 Å². The third kappa shape index (κ3) is 3.43. The van der Waals surface area contributed by atoms with Crippen molar-refractivity contribution in [2.75, 3.05) is 20.7 Å². The Hall–Kier alpha value is -4.74. The molecule has 43 heavy (non-hydrogen) atoms. The summed E-state index contributed by atoms with van der Waals surface area (Å²) < 4.78 is 5.52. The Bertz CT molecular complexity index is 1760. The van der Waals surface area contributed by atoms with Gasteiger partial charge in [-0.15, -0.1) is 0 Å². The van der Waals surface area contributed by atoms with Crippen LogP contribution in [0.15, 0.2) is 36.0 Å². The number of aliphatic hydroxyl groups excluding tert-OH is 1. The number of piperazine rings is 1. The Morgan fingerprint density at radius 1 is 0.930 bits per heavy atom. The predicted octanol–water partition coefficient (Wildman–Crippen LogP) is 3.06. The summed E-state index contributed by atoms with van der Waals surface area (Å²) in [7, 11) is 3.31. The molecule has 4 heterocycles. The smallest absolute Gasteiger partial charge is 0.261 e. The minimum atomic E-state index is -1.19. The standard InChI is InChI=1S/C32H31N3O8/c1-13-9-15-10-20-32(42)35-19(24(33(20)3)22(15)28(39)29(13)43-4)11-18-23(27(38)26(37)14(2)25(18)36)21(35)12-34-30(40)16-7-5-6-8-17(16)31(34)41/h5-9,11,20-21,24,32,36-39,42H,10,12H2,1-4H3/t20-,21+,24+,32+/m1/s1. The van der Waals surface area contributed by atoms with E-state index in [1.165, 1.54) is 14.0 Å². The zero-order valence-electron chi connectivity index (χ0n) is 24.0. The van der Waals surface area contributed by atoms with Crippen molar-refractivity contribution in [3.63, 3.8) is 0 Å². The van der Waals surface area contributed by atoms with Crippen LogP contribution in [-0.4, -0.2) is 85.0 Å². The molecule has 5 N–H and O–H groups in total. The van der Waals surface area contributed by atoms with E-state index in [4.69, 9.17) is 4.74 Å². The van der Waals surface area contributed by atoms with Gasteiger partial charge in [0.2, 0.25) is 0 Å². The average Bonchev–Trinajstić information content (AvgIpc) is 3.22. The van der Waals surface area contributed by atoms with Gasteiger partial charge in [-0.2, -0.15) is 0 Å². The highest BCUT2D eigenvalue weighted by atomic mass is 16.5. The minimum Gasteiger partial charge on any atom is -0.507 e. The van der Waals surface area contributed by atoms with Gasteiger partial charge in [-0.3, -0.25) is 19.4 Å². The topological polar surface area (TPSA) is 154 Å². The first-order valence-electron chi connectivity index (χ1n) is 14.0. The van der Waals surface area contributed by atoms with Crippen LogP contribution >= 0.6 is 0 Å². The molecule has 0 aliphatic carbocycles. The number of methoxy groups -OCH3 is 1. The number of carbonyl (C=O) groups is 2. The molecule has 0 saturated carbocycles. The number of hydrogen-bond donors (Lipinski definition) is 5. The largest absolute Gasteiger partial charge is 0.507 e. The molecule has 222 valence electrons. The number of benzene rings is 3. The normalized spacial score (nSPS) is 23.9. The fourth-order valence-corrected chi connectivity index (χ4v) is 7.43. The third-order valence-electron chi connectivity index (χ3n) is 9.54. The summed E-state index contributed by atoms with van der Waals surface area (Å²) in [6.45, 7) is 3.00. The molecule has 0 spiro atoms. The van der Waals surface area contributed by atoms with Crippen LogP contribution in [0.3, 0.4) is 0 Å². The number of amides is 2. The molecule has 0 unspecified atom stereocenters. The van der Waals surface area contributed by atoms with Crippen molar-refractivity contribution in [1.82, 2.24) is 14.7 Å². The summed E-state index contributed by atoms with van der Waals surface area (Å²) in [5.74, 6) is -2.10. The van der Waals surface area contributed by atoms with Crippen LogP contribution in [0.25, 0.3) is 6.08 Å². The minimum absolute atomic E-state index is 0.0401. The summed E-state index contributed by atoms with van der Waals surface area (Å²) in [6, 6.07) is 6.24. The van der Waals surface area contributed by atoms with Gasteiger partial charge >= 0.3 is 0 Å². The van der Waals surface area contributed by atoms with Gasteiger partial charge in [-0.25, -0.2) is 0 Å². The number of aryl methyl sites for hydroxylation is 1. The summed E-state index contributed by atoms with van der Waals surface area (Å²) in [5.41, 5.74) is 3.43. The monoisotopic (exact) mass is 585 g/mol. The molecular formula is C32H31N3O8. The van der Waals surface area contributed by atoms with Gasteiger partial charge in [0.15, 0.2) is 23.0 Å². The van der Waals surface area contributed by atoms with Gasteiger partial charge in [-0.1, -0.05) is 18.2 Å². The number of fused-ring (bicyclic) bond motifs is 8. The zero-order valence-corrected chi connectivity index (χ0v) is 24.0. The number of likely N-dealkylation sites (N-methyl/N-ethyl adjacent to an activating group) is 1. The molecule has 2 amide bonds. The van der Waals surface area contributed by atoms with Gasteiger partial charge in [0.25, 0.3) is 11.8 Å². The first-order valence-corrected chi connectivity index (χ1v) is 14.0. The van der Waals surface area contributed by atoms with Gasteiger partial charge in [0.05, 0.1) is 42.9 Å². The lowest BCUT2D eigenvalue weighted by Crippen LogP contribution is -2.63. The number of rotatable bonds is 3. The van der Waals surface area contributed by atoms with Gasteiger partial charge in [0.1, 0.15) is 12.0 Å². The Balaban J connectivity index is 1.46. The number of hydrogen-bond acceptors (Lipinski definition) is 10. The van der Waals surface area contributed by atoms with Crippen molar-refractivity contribution >= 4 is 17.9 Å². The van der Waals surface area contributed by atoms with Crippen molar-refractivity contribution in [2.24, 2.45) is 0 Å². The van der Waals surface area contributed by atoms with Crippen LogP contribution in [0, 0.1) is 13.8 Å². The maximum Gasteiger partial charge on any atom is 0.261 e. The molecule has 1 fully saturated rings. The highest BCUT2D eigenvalue weighted by Gasteiger charge is 2.53. The van der Waals surface area contributed by atoms with E-state index in [-0.39, 0.29) is 45.9 Å². The Morgan fingerprint density at radius 2 is 1.58 bits per heavy atom. The van der Waals surface area contributed by atoms with Gasteiger partial charge in [0, 0.05) is 28.0 Å². The van der Waals surface area contributed by atoms with Crippen LogP contribution < -0.4 is 4.74 Å². The van der Waals surface area contributed by atoms with E-state index in [1.807, 2.05) is 24.9 Å². The summed E-state index contributed by atoms with van der Waals surface area (Å²) in [4.78, 5) is 31.6. The maximum atomic E-state index is 13.5. The fraction of sp³-hybridized carbons (Fsp3) is 0.312. The van der Waals surface area contributed by atoms with E-state index in [0.717, 1.165) is 16.0 Å². The lowest BCUT2D eigenvalue weighted by Gasteiger charge is -2.57. The van der Waals surface area contributed by atoms with E-state index in [2.05, 4.69) is 0 Å². The van der Waals surface area contributed by atoms with Crippen molar-refractivity contribution in [3.8, 4) is 28.7 Å². The lowest BCUT2D eigenvalue weighted by molar-refractivity contribution is -0.111. The first kappa shape index (κ1) is 27.1. The number of nitrogens with zero attached hydrogens (tertiary/aromatic N) is 3. The molecule has 11 nitrogen and oxygen atoms in total. The average molecular weight is 586 g/mol. The van der Waals surface area contributed by atoms with Crippen molar-refractivity contribution in [3.05, 3.63) is 80.5 Å². The number of phenols is 4. The van der Waals surface area contributed by atoms with Gasteiger partial charge in [-0.05, 0) is 56.7 Å². The quantitative estimate of drug-likeness (QED) is 0.176. The molecular weight excluding hydrogens is 554 g/mol.